The van der Waals surface area contributed by atoms with E-state index >= 15 is 0 Å². The molecule has 0 aliphatic heterocycles. The predicted octanol–water partition coefficient (Wildman–Crippen LogP) is 2.12. The second-order valence-corrected chi connectivity index (χ2v) is 6.58. The van der Waals surface area contributed by atoms with Gasteiger partial charge in [0, 0.05) is 5.92 Å². The molecule has 0 saturated heterocycles. The van der Waals surface area contributed by atoms with Crippen LogP contribution in [0.3, 0.4) is 0 Å². The number of esters is 1. The summed E-state index contributed by atoms with van der Waals surface area (Å²) in [4.78, 5) is 23.9. The van der Waals surface area contributed by atoms with E-state index in [0.29, 0.717) is 5.92 Å². The molecule has 1 amide bonds. The highest BCUT2D eigenvalue weighted by atomic mass is 16.6. The lowest BCUT2D eigenvalue weighted by Gasteiger charge is -2.26. The number of hydrogen-bond acceptors (Lipinski definition) is 3. The Morgan fingerprint density at radius 2 is 1.78 bits per heavy atom. The lowest BCUT2D eigenvalue weighted by Crippen LogP contribution is -2.47. The number of rotatable bonds is 4. The Morgan fingerprint density at radius 1 is 1.28 bits per heavy atom. The summed E-state index contributed by atoms with van der Waals surface area (Å²) in [7, 11) is 0. The van der Waals surface area contributed by atoms with Gasteiger partial charge in [-0.2, -0.15) is 0 Å². The van der Waals surface area contributed by atoms with E-state index in [-0.39, 0.29) is 23.7 Å². The smallest absolute Gasteiger partial charge is 0.329 e. The van der Waals surface area contributed by atoms with E-state index in [1.165, 1.54) is 0 Å². The van der Waals surface area contributed by atoms with Crippen molar-refractivity contribution in [1.82, 2.24) is 5.32 Å². The average Bonchev–Trinajstić information content (AvgIpc) is 2.88. The van der Waals surface area contributed by atoms with Crippen molar-refractivity contribution in [2.45, 2.75) is 59.6 Å². The van der Waals surface area contributed by atoms with Crippen LogP contribution in [0, 0.1) is 17.8 Å². The van der Waals surface area contributed by atoms with Gasteiger partial charge in [0.05, 0.1) is 0 Å². The van der Waals surface area contributed by atoms with Crippen molar-refractivity contribution in [3.63, 3.8) is 0 Å². The van der Waals surface area contributed by atoms with Crippen LogP contribution in [0.5, 0.6) is 0 Å². The number of nitrogens with one attached hydrogen (secondary N) is 1. The SMILES string of the molecule is CC1CC1C(=O)N[C@H](C(=O)OC(C)(C)C)C(C)C. The minimum atomic E-state index is -0.551. The van der Waals surface area contributed by atoms with E-state index in [0.717, 1.165) is 6.42 Å². The van der Waals surface area contributed by atoms with Gasteiger partial charge in [-0.25, -0.2) is 4.79 Å². The molecule has 1 fully saturated rings. The van der Waals surface area contributed by atoms with Crippen LogP contribution in [0.2, 0.25) is 0 Å². The molecule has 1 saturated carbocycles. The van der Waals surface area contributed by atoms with Crippen molar-refractivity contribution >= 4 is 11.9 Å². The molecular formula is C14H25NO3. The maximum Gasteiger partial charge on any atom is 0.329 e. The quantitative estimate of drug-likeness (QED) is 0.783. The summed E-state index contributed by atoms with van der Waals surface area (Å²) in [6.45, 7) is 11.3. The highest BCUT2D eigenvalue weighted by molar-refractivity contribution is 5.87. The molecule has 1 rings (SSSR count). The molecule has 18 heavy (non-hydrogen) atoms. The summed E-state index contributed by atoms with van der Waals surface area (Å²) in [6.07, 6.45) is 0.922. The van der Waals surface area contributed by atoms with Crippen molar-refractivity contribution in [3.05, 3.63) is 0 Å². The fourth-order valence-corrected chi connectivity index (χ4v) is 1.81. The Balaban J connectivity index is 2.59. The van der Waals surface area contributed by atoms with E-state index in [1.54, 1.807) is 0 Å². The molecule has 0 heterocycles. The zero-order chi connectivity index (χ0) is 14.1. The first kappa shape index (κ1) is 15.0. The van der Waals surface area contributed by atoms with E-state index in [9.17, 15) is 9.59 Å². The van der Waals surface area contributed by atoms with Gasteiger partial charge in [-0.1, -0.05) is 20.8 Å². The summed E-state index contributed by atoms with van der Waals surface area (Å²) in [5.41, 5.74) is -0.526. The summed E-state index contributed by atoms with van der Waals surface area (Å²) < 4.78 is 5.34. The zero-order valence-electron chi connectivity index (χ0n) is 12.2. The van der Waals surface area contributed by atoms with Gasteiger partial charge >= 0.3 is 5.97 Å². The van der Waals surface area contributed by atoms with Crippen molar-refractivity contribution in [1.29, 1.82) is 0 Å². The highest BCUT2D eigenvalue weighted by Crippen LogP contribution is 2.37. The lowest BCUT2D eigenvalue weighted by molar-refractivity contribution is -0.160. The third kappa shape index (κ3) is 4.31. The van der Waals surface area contributed by atoms with Gasteiger partial charge in [-0.05, 0) is 39.0 Å². The highest BCUT2D eigenvalue weighted by Gasteiger charge is 2.41. The summed E-state index contributed by atoms with van der Waals surface area (Å²) in [5.74, 6) is 0.175. The van der Waals surface area contributed by atoms with Crippen LogP contribution in [0.4, 0.5) is 0 Å². The number of amides is 1. The lowest BCUT2D eigenvalue weighted by atomic mass is 10.0. The van der Waals surface area contributed by atoms with E-state index in [1.807, 2.05) is 41.5 Å². The van der Waals surface area contributed by atoms with Crippen LogP contribution in [0.1, 0.15) is 48.0 Å². The standard InChI is InChI=1S/C14H25NO3/c1-8(2)11(13(17)18-14(4,5)6)15-12(16)10-7-9(10)3/h8-11H,7H2,1-6H3,(H,15,16)/t9?,10?,11-/m0/s1. The molecule has 0 aromatic rings. The van der Waals surface area contributed by atoms with Crippen LogP contribution < -0.4 is 5.32 Å². The third-order valence-electron chi connectivity index (χ3n) is 3.07. The Labute approximate surface area is 109 Å². The number of carbonyl (C=O) groups excluding carboxylic acids is 2. The van der Waals surface area contributed by atoms with Gasteiger partial charge in [0.25, 0.3) is 0 Å². The predicted molar refractivity (Wildman–Crippen MR) is 69.9 cm³/mol. The molecule has 0 bridgehead atoms. The van der Waals surface area contributed by atoms with E-state index in [4.69, 9.17) is 4.74 Å². The molecule has 3 atom stereocenters. The maximum atomic E-state index is 12.0. The molecule has 0 radical (unpaired) electrons. The van der Waals surface area contributed by atoms with Crippen molar-refractivity contribution in [3.8, 4) is 0 Å². The first-order valence-corrected chi connectivity index (χ1v) is 6.65. The van der Waals surface area contributed by atoms with Crippen molar-refractivity contribution < 1.29 is 14.3 Å². The molecule has 1 N–H and O–H groups in total. The number of carbonyl (C=O) groups is 2. The summed E-state index contributed by atoms with van der Waals surface area (Å²) in [6, 6.07) is -0.551. The topological polar surface area (TPSA) is 55.4 Å². The monoisotopic (exact) mass is 255 g/mol. The average molecular weight is 255 g/mol. The molecule has 0 aromatic carbocycles. The molecule has 1 aliphatic carbocycles. The number of hydrogen-bond donors (Lipinski definition) is 1. The molecular weight excluding hydrogens is 230 g/mol. The first-order valence-electron chi connectivity index (χ1n) is 6.65. The van der Waals surface area contributed by atoms with Gasteiger partial charge in [-0.15, -0.1) is 0 Å². The fourth-order valence-electron chi connectivity index (χ4n) is 1.81. The molecule has 2 unspecified atom stereocenters. The van der Waals surface area contributed by atoms with Crippen LogP contribution in [0.15, 0.2) is 0 Å². The molecule has 4 nitrogen and oxygen atoms in total. The van der Waals surface area contributed by atoms with Crippen LogP contribution >= 0.6 is 0 Å². The van der Waals surface area contributed by atoms with Gasteiger partial charge in [0.15, 0.2) is 0 Å². The first-order chi connectivity index (χ1) is 8.11. The van der Waals surface area contributed by atoms with Crippen molar-refractivity contribution in [2.75, 3.05) is 0 Å². The largest absolute Gasteiger partial charge is 0.458 e. The summed E-state index contributed by atoms with van der Waals surface area (Å²) >= 11 is 0. The Hall–Kier alpha value is -1.06. The summed E-state index contributed by atoms with van der Waals surface area (Å²) in [5, 5.41) is 2.82. The fraction of sp³-hybridized carbons (Fsp3) is 0.857. The Bertz CT molecular complexity index is 330. The van der Waals surface area contributed by atoms with Crippen LogP contribution in [-0.2, 0) is 14.3 Å². The molecule has 1 aliphatic rings. The Kier molecular flexibility index (Phi) is 4.41. The maximum absolute atomic E-state index is 12.0. The van der Waals surface area contributed by atoms with E-state index in [2.05, 4.69) is 5.32 Å². The van der Waals surface area contributed by atoms with Crippen molar-refractivity contribution in [2.24, 2.45) is 17.8 Å². The molecule has 4 heteroatoms. The van der Waals surface area contributed by atoms with Gasteiger partial charge in [0.2, 0.25) is 5.91 Å². The van der Waals surface area contributed by atoms with Gasteiger partial charge < -0.3 is 10.1 Å². The minimum Gasteiger partial charge on any atom is -0.458 e. The zero-order valence-corrected chi connectivity index (χ0v) is 12.2. The van der Waals surface area contributed by atoms with Gasteiger partial charge in [0.1, 0.15) is 11.6 Å². The normalized spacial score (nSPS) is 24.6. The van der Waals surface area contributed by atoms with Crippen LogP contribution in [0.25, 0.3) is 0 Å². The second kappa shape index (κ2) is 5.29. The number of ether oxygens (including phenoxy) is 1. The minimum absolute atomic E-state index is 0.0212. The van der Waals surface area contributed by atoms with Crippen LogP contribution in [-0.4, -0.2) is 23.5 Å². The second-order valence-electron chi connectivity index (χ2n) is 6.58. The Morgan fingerprint density at radius 3 is 2.11 bits per heavy atom. The third-order valence-corrected chi connectivity index (χ3v) is 3.07. The van der Waals surface area contributed by atoms with Gasteiger partial charge in [-0.3, -0.25) is 4.79 Å². The molecule has 104 valence electrons. The van der Waals surface area contributed by atoms with E-state index < -0.39 is 11.6 Å². The molecule has 0 aromatic heterocycles. The molecule has 0 spiro atoms.